The zero-order valence-electron chi connectivity index (χ0n) is 13.2. The SMILES string of the molecule is COc1ccc(C(Cl)CSCC(Cl)c2ccc(OC)cc2)cc1. The molecule has 2 unspecified atom stereocenters. The maximum atomic E-state index is 6.45. The van der Waals surface area contributed by atoms with E-state index in [1.165, 1.54) is 0 Å². The highest BCUT2D eigenvalue weighted by Crippen LogP contribution is 2.31. The Kier molecular flexibility index (Phi) is 7.41. The molecule has 0 saturated heterocycles. The molecule has 2 rings (SSSR count). The molecule has 2 nitrogen and oxygen atoms in total. The van der Waals surface area contributed by atoms with Crippen LogP contribution in [0.25, 0.3) is 0 Å². The topological polar surface area (TPSA) is 18.5 Å². The summed E-state index contributed by atoms with van der Waals surface area (Å²) in [5, 5.41) is -0.0729. The van der Waals surface area contributed by atoms with Crippen molar-refractivity contribution in [3.8, 4) is 11.5 Å². The van der Waals surface area contributed by atoms with Gasteiger partial charge in [0.1, 0.15) is 11.5 Å². The van der Waals surface area contributed by atoms with Gasteiger partial charge in [-0.15, -0.1) is 23.2 Å². The lowest BCUT2D eigenvalue weighted by Gasteiger charge is -2.13. The summed E-state index contributed by atoms with van der Waals surface area (Å²) in [4.78, 5) is 0. The van der Waals surface area contributed by atoms with E-state index in [4.69, 9.17) is 32.7 Å². The van der Waals surface area contributed by atoms with Crippen LogP contribution in [0.5, 0.6) is 11.5 Å². The minimum Gasteiger partial charge on any atom is -0.497 e. The van der Waals surface area contributed by atoms with E-state index in [-0.39, 0.29) is 10.8 Å². The van der Waals surface area contributed by atoms with Crippen molar-refractivity contribution >= 4 is 35.0 Å². The number of ether oxygens (including phenoxy) is 2. The fraction of sp³-hybridized carbons (Fsp3) is 0.333. The number of rotatable bonds is 8. The molecule has 0 aliphatic carbocycles. The molecule has 2 aromatic rings. The fourth-order valence-corrected chi connectivity index (χ4v) is 3.85. The Balaban J connectivity index is 1.80. The summed E-state index contributed by atoms with van der Waals surface area (Å²) in [6.07, 6.45) is 0. The van der Waals surface area contributed by atoms with Gasteiger partial charge < -0.3 is 9.47 Å². The van der Waals surface area contributed by atoms with E-state index < -0.39 is 0 Å². The summed E-state index contributed by atoms with van der Waals surface area (Å²) in [6.45, 7) is 0. The normalized spacial score (nSPS) is 13.4. The Morgan fingerprint density at radius 3 is 1.39 bits per heavy atom. The molecule has 5 heteroatoms. The maximum absolute atomic E-state index is 6.45. The van der Waals surface area contributed by atoms with Crippen LogP contribution in [0.4, 0.5) is 0 Å². The standard InChI is InChI=1S/C18H20Cl2O2S/c1-21-15-7-3-13(4-8-15)17(19)11-23-12-18(20)14-5-9-16(22-2)10-6-14/h3-10,17-18H,11-12H2,1-2H3. The van der Waals surface area contributed by atoms with Crippen LogP contribution in [-0.4, -0.2) is 25.7 Å². The van der Waals surface area contributed by atoms with Crippen molar-refractivity contribution in [3.63, 3.8) is 0 Å². The molecule has 124 valence electrons. The van der Waals surface area contributed by atoms with Gasteiger partial charge in [-0.2, -0.15) is 11.8 Å². The molecule has 2 aromatic carbocycles. The highest BCUT2D eigenvalue weighted by molar-refractivity contribution is 7.99. The van der Waals surface area contributed by atoms with Crippen molar-refractivity contribution in [1.29, 1.82) is 0 Å². The third-order valence-corrected chi connectivity index (χ3v) is 5.80. The van der Waals surface area contributed by atoms with Gasteiger partial charge in [-0.05, 0) is 35.4 Å². The summed E-state index contributed by atoms with van der Waals surface area (Å²) in [5.41, 5.74) is 2.19. The molecule has 2 atom stereocenters. The first-order chi connectivity index (χ1) is 11.1. The first-order valence-electron chi connectivity index (χ1n) is 7.28. The highest BCUT2D eigenvalue weighted by atomic mass is 35.5. The molecule has 0 saturated carbocycles. The van der Waals surface area contributed by atoms with Crippen LogP contribution in [0.1, 0.15) is 21.9 Å². The summed E-state index contributed by atoms with van der Waals surface area (Å²) in [6, 6.07) is 15.7. The average Bonchev–Trinajstić information content (AvgIpc) is 2.61. The van der Waals surface area contributed by atoms with Crippen molar-refractivity contribution in [3.05, 3.63) is 59.7 Å². The summed E-state index contributed by atoms with van der Waals surface area (Å²) < 4.78 is 10.3. The molecule has 0 amide bonds. The predicted octanol–water partition coefficient (Wildman–Crippen LogP) is 5.70. The fourth-order valence-electron chi connectivity index (χ4n) is 2.09. The number of benzene rings is 2. The van der Waals surface area contributed by atoms with Crippen molar-refractivity contribution in [2.45, 2.75) is 10.8 Å². The summed E-state index contributed by atoms with van der Waals surface area (Å²) >= 11 is 14.7. The predicted molar refractivity (Wildman–Crippen MR) is 101 cm³/mol. The van der Waals surface area contributed by atoms with Crippen LogP contribution in [0.2, 0.25) is 0 Å². The minimum absolute atomic E-state index is 0.0364. The monoisotopic (exact) mass is 370 g/mol. The first kappa shape index (κ1) is 18.3. The third-order valence-electron chi connectivity index (χ3n) is 3.48. The Labute approximate surface area is 152 Å². The maximum Gasteiger partial charge on any atom is 0.118 e. The number of methoxy groups -OCH3 is 2. The van der Waals surface area contributed by atoms with Gasteiger partial charge in [0.2, 0.25) is 0 Å². The zero-order valence-corrected chi connectivity index (χ0v) is 15.5. The molecule has 0 aromatic heterocycles. The van der Waals surface area contributed by atoms with Gasteiger partial charge in [-0.1, -0.05) is 24.3 Å². The number of hydrogen-bond acceptors (Lipinski definition) is 3. The molecule has 0 N–H and O–H groups in total. The molecule has 0 radical (unpaired) electrons. The van der Waals surface area contributed by atoms with E-state index in [2.05, 4.69) is 0 Å². The second kappa shape index (κ2) is 9.31. The van der Waals surface area contributed by atoms with Crippen LogP contribution in [0.15, 0.2) is 48.5 Å². The molecule has 0 aliphatic heterocycles. The molecule has 23 heavy (non-hydrogen) atoms. The zero-order chi connectivity index (χ0) is 16.7. The molecular weight excluding hydrogens is 351 g/mol. The molecule has 0 aliphatic rings. The Hall–Kier alpha value is -1.03. The molecule has 0 bridgehead atoms. The smallest absolute Gasteiger partial charge is 0.118 e. The van der Waals surface area contributed by atoms with E-state index in [0.717, 1.165) is 34.1 Å². The quantitative estimate of drug-likeness (QED) is 0.555. The van der Waals surface area contributed by atoms with E-state index in [9.17, 15) is 0 Å². The molecule has 0 fully saturated rings. The Morgan fingerprint density at radius 2 is 1.09 bits per heavy atom. The van der Waals surface area contributed by atoms with Gasteiger partial charge in [0.05, 0.1) is 25.0 Å². The lowest BCUT2D eigenvalue weighted by atomic mass is 10.1. The van der Waals surface area contributed by atoms with Crippen LogP contribution < -0.4 is 9.47 Å². The number of hydrogen-bond donors (Lipinski definition) is 0. The van der Waals surface area contributed by atoms with E-state index >= 15 is 0 Å². The molecule has 0 heterocycles. The largest absolute Gasteiger partial charge is 0.497 e. The third kappa shape index (κ3) is 5.52. The van der Waals surface area contributed by atoms with Crippen LogP contribution in [-0.2, 0) is 0 Å². The second-order valence-corrected chi connectivity index (χ2v) is 7.15. The van der Waals surface area contributed by atoms with E-state index in [1.807, 2.05) is 48.5 Å². The lowest BCUT2D eigenvalue weighted by Crippen LogP contribution is -1.99. The lowest BCUT2D eigenvalue weighted by molar-refractivity contribution is 0.414. The van der Waals surface area contributed by atoms with Crippen LogP contribution in [0, 0.1) is 0 Å². The second-order valence-electron chi connectivity index (χ2n) is 5.02. The number of alkyl halides is 2. The molecule has 0 spiro atoms. The summed E-state index contributed by atoms with van der Waals surface area (Å²) in [5.74, 6) is 3.30. The van der Waals surface area contributed by atoms with Crippen molar-refractivity contribution in [2.24, 2.45) is 0 Å². The number of thioether (sulfide) groups is 1. The van der Waals surface area contributed by atoms with E-state index in [0.29, 0.717) is 0 Å². The Bertz CT molecular complexity index is 533. The van der Waals surface area contributed by atoms with Crippen molar-refractivity contribution in [2.75, 3.05) is 25.7 Å². The van der Waals surface area contributed by atoms with Gasteiger partial charge in [0.15, 0.2) is 0 Å². The van der Waals surface area contributed by atoms with Crippen molar-refractivity contribution < 1.29 is 9.47 Å². The number of halogens is 2. The van der Waals surface area contributed by atoms with Gasteiger partial charge in [-0.25, -0.2) is 0 Å². The molecular formula is C18H20Cl2O2S. The summed E-state index contributed by atoms with van der Waals surface area (Å²) in [7, 11) is 3.31. The van der Waals surface area contributed by atoms with Crippen LogP contribution in [0.3, 0.4) is 0 Å². The Morgan fingerprint density at radius 1 is 0.739 bits per heavy atom. The first-order valence-corrected chi connectivity index (χ1v) is 9.30. The van der Waals surface area contributed by atoms with Gasteiger partial charge in [0, 0.05) is 11.5 Å². The minimum atomic E-state index is -0.0364. The van der Waals surface area contributed by atoms with Crippen LogP contribution >= 0.6 is 35.0 Å². The van der Waals surface area contributed by atoms with E-state index in [1.54, 1.807) is 26.0 Å². The van der Waals surface area contributed by atoms with Gasteiger partial charge in [-0.3, -0.25) is 0 Å². The van der Waals surface area contributed by atoms with Gasteiger partial charge in [0.25, 0.3) is 0 Å². The average molecular weight is 371 g/mol. The highest BCUT2D eigenvalue weighted by Gasteiger charge is 2.12. The van der Waals surface area contributed by atoms with Gasteiger partial charge >= 0.3 is 0 Å². The van der Waals surface area contributed by atoms with Crippen molar-refractivity contribution in [1.82, 2.24) is 0 Å².